The molecule has 0 bridgehead atoms. The highest BCUT2D eigenvalue weighted by Crippen LogP contribution is 2.27. The summed E-state index contributed by atoms with van der Waals surface area (Å²) in [6.07, 6.45) is 3.51. The highest BCUT2D eigenvalue weighted by molar-refractivity contribution is 7.89. The summed E-state index contributed by atoms with van der Waals surface area (Å²) in [5.74, 6) is -0.267. The van der Waals surface area contributed by atoms with E-state index in [0.717, 1.165) is 32.2 Å². The van der Waals surface area contributed by atoms with E-state index in [1.54, 1.807) is 11.4 Å². The van der Waals surface area contributed by atoms with Crippen LogP contribution in [0, 0.1) is 0 Å². The van der Waals surface area contributed by atoms with Crippen molar-refractivity contribution in [3.63, 3.8) is 0 Å². The minimum absolute atomic E-state index is 0. The molecule has 136 valence electrons. The van der Waals surface area contributed by atoms with Gasteiger partial charge in [0.2, 0.25) is 10.0 Å². The Kier molecular flexibility index (Phi) is 6.66. The molecular formula is C15H24ClN3O3S2. The molecule has 2 atom stereocenters. The van der Waals surface area contributed by atoms with Crippen LogP contribution in [0.15, 0.2) is 16.3 Å². The Morgan fingerprint density at radius 2 is 2.08 bits per heavy atom. The van der Waals surface area contributed by atoms with Gasteiger partial charge in [0.05, 0.1) is 0 Å². The van der Waals surface area contributed by atoms with Gasteiger partial charge >= 0.3 is 0 Å². The molecule has 3 rings (SSSR count). The van der Waals surface area contributed by atoms with Crippen molar-refractivity contribution in [1.29, 1.82) is 0 Å². The topological polar surface area (TPSA) is 78.5 Å². The zero-order valence-corrected chi connectivity index (χ0v) is 16.1. The van der Waals surface area contributed by atoms with Gasteiger partial charge in [-0.25, -0.2) is 8.42 Å². The third-order valence-corrected chi connectivity index (χ3v) is 7.46. The molecule has 1 aromatic rings. The average Bonchev–Trinajstić information content (AvgIpc) is 3.19. The smallest absolute Gasteiger partial charge is 0.262 e. The normalized spacial score (nSPS) is 25.2. The molecule has 1 amide bonds. The van der Waals surface area contributed by atoms with Crippen molar-refractivity contribution in [3.05, 3.63) is 16.3 Å². The predicted octanol–water partition coefficient (Wildman–Crippen LogP) is 1.82. The van der Waals surface area contributed by atoms with Gasteiger partial charge in [0.1, 0.15) is 9.77 Å². The number of carbonyl (C=O) groups is 1. The molecule has 9 heteroatoms. The molecule has 0 spiro atoms. The van der Waals surface area contributed by atoms with E-state index in [2.05, 4.69) is 17.6 Å². The van der Waals surface area contributed by atoms with E-state index in [-0.39, 0.29) is 29.3 Å². The van der Waals surface area contributed by atoms with E-state index in [1.165, 1.54) is 15.6 Å². The molecular weight excluding hydrogens is 370 g/mol. The predicted molar refractivity (Wildman–Crippen MR) is 97.5 cm³/mol. The van der Waals surface area contributed by atoms with Crippen molar-refractivity contribution in [3.8, 4) is 0 Å². The minimum atomic E-state index is -3.55. The van der Waals surface area contributed by atoms with Crippen molar-refractivity contribution >= 4 is 39.7 Å². The van der Waals surface area contributed by atoms with Crippen LogP contribution in [0.3, 0.4) is 0 Å². The molecule has 1 aromatic heterocycles. The second-order valence-corrected chi connectivity index (χ2v) is 9.10. The fraction of sp³-hybridized carbons (Fsp3) is 0.667. The second kappa shape index (κ2) is 8.14. The molecule has 0 aliphatic carbocycles. The largest absolute Gasteiger partial charge is 0.348 e. The summed E-state index contributed by atoms with van der Waals surface area (Å²) in [5.41, 5.74) is 0. The Hall–Kier alpha value is -0.670. The van der Waals surface area contributed by atoms with E-state index in [9.17, 15) is 13.2 Å². The number of amides is 1. The number of sulfonamides is 1. The maximum atomic E-state index is 12.7. The number of rotatable bonds is 4. The Labute approximate surface area is 153 Å². The number of hydrogen-bond acceptors (Lipinski definition) is 5. The fourth-order valence-corrected chi connectivity index (χ4v) is 6.07. The minimum Gasteiger partial charge on any atom is -0.348 e. The van der Waals surface area contributed by atoms with E-state index < -0.39 is 10.0 Å². The van der Waals surface area contributed by atoms with Gasteiger partial charge in [-0.3, -0.25) is 4.79 Å². The van der Waals surface area contributed by atoms with Crippen LogP contribution in [-0.2, 0) is 10.0 Å². The first-order valence-corrected chi connectivity index (χ1v) is 10.4. The molecule has 2 N–H and O–H groups in total. The van der Waals surface area contributed by atoms with Crippen molar-refractivity contribution in [2.75, 3.05) is 19.6 Å². The molecule has 0 saturated carbocycles. The van der Waals surface area contributed by atoms with E-state index in [0.29, 0.717) is 24.0 Å². The highest BCUT2D eigenvalue weighted by atomic mass is 35.5. The van der Waals surface area contributed by atoms with Gasteiger partial charge in [-0.1, -0.05) is 0 Å². The Bertz CT molecular complexity index is 671. The number of hydrogen-bond donors (Lipinski definition) is 2. The van der Waals surface area contributed by atoms with Crippen LogP contribution in [0.25, 0.3) is 0 Å². The maximum Gasteiger partial charge on any atom is 0.262 e. The summed E-state index contributed by atoms with van der Waals surface area (Å²) < 4.78 is 26.9. The Balaban J connectivity index is 0.00000208. The summed E-state index contributed by atoms with van der Waals surface area (Å²) in [6, 6.07) is 2.02. The van der Waals surface area contributed by atoms with Crippen LogP contribution in [-0.4, -0.2) is 50.3 Å². The van der Waals surface area contributed by atoms with Crippen LogP contribution >= 0.6 is 23.7 Å². The van der Waals surface area contributed by atoms with Gasteiger partial charge in [0.15, 0.2) is 0 Å². The zero-order chi connectivity index (χ0) is 16.4. The standard InChI is InChI=1S/C15H23N3O3S2.ClH/c1-11-10-12(4-6-16-11)17-15(19)14-13(5-9-22-14)23(20,21)18-7-2-3-8-18;/h5,9,11-12,16H,2-4,6-8,10H2,1H3,(H,17,19);1H. The number of halogens is 1. The van der Waals surface area contributed by atoms with E-state index in [1.807, 2.05) is 0 Å². The molecule has 24 heavy (non-hydrogen) atoms. The lowest BCUT2D eigenvalue weighted by Crippen LogP contribution is -2.46. The zero-order valence-electron chi connectivity index (χ0n) is 13.7. The summed E-state index contributed by atoms with van der Waals surface area (Å²) >= 11 is 1.20. The van der Waals surface area contributed by atoms with Crippen LogP contribution in [0.5, 0.6) is 0 Å². The summed E-state index contributed by atoms with van der Waals surface area (Å²) in [6.45, 7) is 4.05. The first-order valence-electron chi connectivity index (χ1n) is 8.10. The van der Waals surface area contributed by atoms with Crippen molar-refractivity contribution < 1.29 is 13.2 Å². The molecule has 2 unspecified atom stereocenters. The van der Waals surface area contributed by atoms with Crippen LogP contribution in [0.2, 0.25) is 0 Å². The quantitative estimate of drug-likeness (QED) is 0.817. The lowest BCUT2D eigenvalue weighted by Gasteiger charge is -2.28. The Morgan fingerprint density at radius 1 is 1.38 bits per heavy atom. The number of nitrogens with one attached hydrogen (secondary N) is 2. The van der Waals surface area contributed by atoms with Crippen LogP contribution < -0.4 is 10.6 Å². The lowest BCUT2D eigenvalue weighted by molar-refractivity contribution is 0.0926. The van der Waals surface area contributed by atoms with Crippen LogP contribution in [0.1, 0.15) is 42.3 Å². The molecule has 2 saturated heterocycles. The number of piperidine rings is 1. The third-order valence-electron chi connectivity index (χ3n) is 4.48. The van der Waals surface area contributed by atoms with Gasteiger partial charge in [0.25, 0.3) is 5.91 Å². The second-order valence-electron chi connectivity index (χ2n) is 6.28. The van der Waals surface area contributed by atoms with Gasteiger partial charge in [-0.2, -0.15) is 4.31 Å². The highest BCUT2D eigenvalue weighted by Gasteiger charge is 2.32. The number of carbonyl (C=O) groups excluding carboxylic acids is 1. The van der Waals surface area contributed by atoms with E-state index >= 15 is 0 Å². The summed E-state index contributed by atoms with van der Waals surface area (Å²) in [5, 5.41) is 8.03. The SMILES string of the molecule is CC1CC(NC(=O)c2sccc2S(=O)(=O)N2CCCC2)CCN1.Cl. The summed E-state index contributed by atoms with van der Waals surface area (Å²) in [4.78, 5) is 13.0. The average molecular weight is 394 g/mol. The molecule has 0 radical (unpaired) electrons. The maximum absolute atomic E-state index is 12.7. The van der Waals surface area contributed by atoms with E-state index in [4.69, 9.17) is 0 Å². The monoisotopic (exact) mass is 393 g/mol. The van der Waals surface area contributed by atoms with Gasteiger partial charge in [0, 0.05) is 25.2 Å². The fourth-order valence-electron chi connectivity index (χ4n) is 3.25. The Morgan fingerprint density at radius 3 is 2.75 bits per heavy atom. The van der Waals surface area contributed by atoms with Gasteiger partial charge < -0.3 is 10.6 Å². The van der Waals surface area contributed by atoms with Crippen LogP contribution in [0.4, 0.5) is 0 Å². The molecule has 6 nitrogen and oxygen atoms in total. The molecule has 3 heterocycles. The molecule has 2 fully saturated rings. The third kappa shape index (κ3) is 4.11. The van der Waals surface area contributed by atoms with Crippen molar-refractivity contribution in [2.45, 2.75) is 49.6 Å². The van der Waals surface area contributed by atoms with Gasteiger partial charge in [-0.15, -0.1) is 23.7 Å². The summed E-state index contributed by atoms with van der Waals surface area (Å²) in [7, 11) is -3.55. The first-order chi connectivity index (χ1) is 11.0. The molecule has 2 aliphatic rings. The van der Waals surface area contributed by atoms with Crippen molar-refractivity contribution in [1.82, 2.24) is 14.9 Å². The molecule has 0 aromatic carbocycles. The molecule has 2 aliphatic heterocycles. The first kappa shape index (κ1) is 19.7. The number of thiophene rings is 1. The van der Waals surface area contributed by atoms with Gasteiger partial charge in [-0.05, 0) is 50.6 Å². The number of nitrogens with zero attached hydrogens (tertiary/aromatic N) is 1. The van der Waals surface area contributed by atoms with Crippen molar-refractivity contribution in [2.24, 2.45) is 0 Å². The lowest BCUT2D eigenvalue weighted by atomic mass is 10.0.